The molecule has 0 aromatic rings. The van der Waals surface area contributed by atoms with Crippen molar-refractivity contribution in [2.45, 2.75) is 45.2 Å². The number of hydrogen-bond donors (Lipinski definition) is 2. The molecule has 1 aliphatic heterocycles. The summed E-state index contributed by atoms with van der Waals surface area (Å²) in [6.45, 7) is 6.07. The zero-order valence-electron chi connectivity index (χ0n) is 12.9. The molecule has 8 heteroatoms. The molecule has 124 valence electrons. The van der Waals surface area contributed by atoms with Gasteiger partial charge in [0.05, 0.1) is 0 Å². The number of carbonyl (C=O) groups excluding carboxylic acids is 1. The number of sulfonamides is 1. The van der Waals surface area contributed by atoms with E-state index in [1.165, 1.54) is 4.31 Å². The van der Waals surface area contributed by atoms with Crippen molar-refractivity contribution in [2.24, 2.45) is 5.73 Å². The van der Waals surface area contributed by atoms with Crippen molar-refractivity contribution in [2.75, 3.05) is 32.0 Å². The highest BCUT2D eigenvalue weighted by atomic mass is 32.2. The van der Waals surface area contributed by atoms with Gasteiger partial charge in [0, 0.05) is 25.2 Å². The van der Waals surface area contributed by atoms with E-state index in [4.69, 9.17) is 10.8 Å². The number of rotatable bonds is 8. The van der Waals surface area contributed by atoms with Crippen LogP contribution in [0.4, 0.5) is 0 Å². The number of amides is 1. The minimum Gasteiger partial charge on any atom is -0.396 e. The summed E-state index contributed by atoms with van der Waals surface area (Å²) < 4.78 is 25.9. The van der Waals surface area contributed by atoms with Crippen LogP contribution in [0.2, 0.25) is 0 Å². The SMILES string of the molecule is CC(C)N1CCC(N(CCCO)S(=O)(=O)CC(N)=O)CC1. The Morgan fingerprint density at radius 3 is 2.38 bits per heavy atom. The van der Waals surface area contributed by atoms with Crippen LogP contribution in [0.3, 0.4) is 0 Å². The second kappa shape index (κ2) is 8.07. The molecule has 0 spiro atoms. The first-order valence-corrected chi connectivity index (χ1v) is 9.01. The van der Waals surface area contributed by atoms with E-state index in [2.05, 4.69) is 18.7 Å². The highest BCUT2D eigenvalue weighted by molar-refractivity contribution is 7.89. The molecule has 1 amide bonds. The summed E-state index contributed by atoms with van der Waals surface area (Å²) in [7, 11) is -3.70. The van der Waals surface area contributed by atoms with Gasteiger partial charge in [-0.3, -0.25) is 4.79 Å². The van der Waals surface area contributed by atoms with Gasteiger partial charge in [-0.1, -0.05) is 0 Å². The van der Waals surface area contributed by atoms with Crippen LogP contribution in [0, 0.1) is 0 Å². The Kier molecular flexibility index (Phi) is 7.05. The van der Waals surface area contributed by atoms with E-state index < -0.39 is 21.7 Å². The van der Waals surface area contributed by atoms with Gasteiger partial charge in [-0.25, -0.2) is 8.42 Å². The Morgan fingerprint density at radius 2 is 1.95 bits per heavy atom. The van der Waals surface area contributed by atoms with Crippen molar-refractivity contribution in [1.82, 2.24) is 9.21 Å². The molecular formula is C13H27N3O4S. The second-order valence-corrected chi connectivity index (χ2v) is 7.69. The van der Waals surface area contributed by atoms with Gasteiger partial charge in [0.15, 0.2) is 0 Å². The fourth-order valence-corrected chi connectivity index (χ4v) is 4.33. The zero-order valence-corrected chi connectivity index (χ0v) is 13.7. The van der Waals surface area contributed by atoms with Gasteiger partial charge in [0.2, 0.25) is 15.9 Å². The smallest absolute Gasteiger partial charge is 0.234 e. The van der Waals surface area contributed by atoms with Gasteiger partial charge >= 0.3 is 0 Å². The standard InChI is InChI=1S/C13H27N3O4S/c1-11(2)15-7-4-12(5-8-15)16(6-3-9-17)21(19,20)10-13(14)18/h11-12,17H,3-10H2,1-2H3,(H2,14,18). The summed E-state index contributed by atoms with van der Waals surface area (Å²) in [5, 5.41) is 8.95. The molecule has 1 aliphatic rings. The lowest BCUT2D eigenvalue weighted by molar-refractivity contribution is -0.115. The van der Waals surface area contributed by atoms with E-state index in [9.17, 15) is 13.2 Å². The second-order valence-electron chi connectivity index (χ2n) is 5.77. The number of hydrogen-bond acceptors (Lipinski definition) is 5. The Morgan fingerprint density at radius 1 is 1.38 bits per heavy atom. The zero-order chi connectivity index (χ0) is 16.0. The monoisotopic (exact) mass is 321 g/mol. The van der Waals surface area contributed by atoms with Crippen molar-refractivity contribution in [3.8, 4) is 0 Å². The molecule has 1 heterocycles. The molecule has 1 saturated heterocycles. The minimum atomic E-state index is -3.70. The maximum absolute atomic E-state index is 12.3. The lowest BCUT2D eigenvalue weighted by Gasteiger charge is -2.39. The maximum atomic E-state index is 12.3. The Balaban J connectivity index is 2.77. The highest BCUT2D eigenvalue weighted by Crippen LogP contribution is 2.21. The normalized spacial score (nSPS) is 18.5. The summed E-state index contributed by atoms with van der Waals surface area (Å²) in [6.07, 6.45) is 1.84. The summed E-state index contributed by atoms with van der Waals surface area (Å²) >= 11 is 0. The lowest BCUT2D eigenvalue weighted by Crippen LogP contribution is -2.50. The molecule has 7 nitrogen and oxygen atoms in total. The summed E-state index contributed by atoms with van der Waals surface area (Å²) in [5.74, 6) is -1.51. The molecule has 0 unspecified atom stereocenters. The van der Waals surface area contributed by atoms with E-state index >= 15 is 0 Å². The van der Waals surface area contributed by atoms with Crippen molar-refractivity contribution in [1.29, 1.82) is 0 Å². The van der Waals surface area contributed by atoms with E-state index in [1.807, 2.05) is 0 Å². The van der Waals surface area contributed by atoms with Gasteiger partial charge in [-0.15, -0.1) is 0 Å². The largest absolute Gasteiger partial charge is 0.396 e. The van der Waals surface area contributed by atoms with Gasteiger partial charge < -0.3 is 15.7 Å². The highest BCUT2D eigenvalue weighted by Gasteiger charge is 2.33. The fourth-order valence-electron chi connectivity index (χ4n) is 2.73. The molecule has 0 bridgehead atoms. The molecule has 0 atom stereocenters. The summed E-state index contributed by atoms with van der Waals surface area (Å²) in [5.41, 5.74) is 5.03. The molecule has 3 N–H and O–H groups in total. The molecule has 1 rings (SSSR count). The number of aliphatic hydroxyl groups is 1. The summed E-state index contributed by atoms with van der Waals surface area (Å²) in [4.78, 5) is 13.3. The van der Waals surface area contributed by atoms with Crippen molar-refractivity contribution in [3.63, 3.8) is 0 Å². The third-order valence-corrected chi connectivity index (χ3v) is 5.70. The van der Waals surface area contributed by atoms with Crippen molar-refractivity contribution < 1.29 is 18.3 Å². The maximum Gasteiger partial charge on any atom is 0.234 e. The third kappa shape index (κ3) is 5.54. The predicted molar refractivity (Wildman–Crippen MR) is 81.1 cm³/mol. The van der Waals surface area contributed by atoms with Crippen LogP contribution < -0.4 is 5.73 Å². The van der Waals surface area contributed by atoms with Crippen molar-refractivity contribution in [3.05, 3.63) is 0 Å². The molecule has 1 fully saturated rings. The molecule has 0 radical (unpaired) electrons. The van der Waals surface area contributed by atoms with Gasteiger partial charge in [0.25, 0.3) is 0 Å². The summed E-state index contributed by atoms with van der Waals surface area (Å²) in [6, 6.07) is 0.329. The van der Waals surface area contributed by atoms with Crippen LogP contribution in [-0.4, -0.2) is 72.7 Å². The number of likely N-dealkylation sites (tertiary alicyclic amines) is 1. The minimum absolute atomic E-state index is 0.0760. The van der Waals surface area contributed by atoms with Gasteiger partial charge in [-0.05, 0) is 46.2 Å². The van der Waals surface area contributed by atoms with Crippen LogP contribution in [-0.2, 0) is 14.8 Å². The van der Waals surface area contributed by atoms with Crippen molar-refractivity contribution >= 4 is 15.9 Å². The quantitative estimate of drug-likeness (QED) is 0.619. The average molecular weight is 321 g/mol. The number of nitrogens with zero attached hydrogens (tertiary/aromatic N) is 2. The van der Waals surface area contributed by atoms with Gasteiger partial charge in [0.1, 0.15) is 5.75 Å². The number of carbonyl (C=O) groups is 1. The number of primary amides is 1. The molecule has 0 aromatic carbocycles. The lowest BCUT2D eigenvalue weighted by atomic mass is 10.0. The first-order valence-electron chi connectivity index (χ1n) is 7.40. The topological polar surface area (TPSA) is 104 Å². The molecule has 21 heavy (non-hydrogen) atoms. The van der Waals surface area contributed by atoms with Crippen LogP contribution in [0.1, 0.15) is 33.1 Å². The first-order chi connectivity index (χ1) is 9.77. The van der Waals surface area contributed by atoms with Crippen LogP contribution in [0.25, 0.3) is 0 Å². The molecule has 0 saturated carbocycles. The van der Waals surface area contributed by atoms with Crippen LogP contribution in [0.5, 0.6) is 0 Å². The Hall–Kier alpha value is -0.700. The number of piperidine rings is 1. The predicted octanol–water partition coefficient (Wildman–Crippen LogP) is -0.641. The fraction of sp³-hybridized carbons (Fsp3) is 0.923. The van der Waals surface area contributed by atoms with Crippen LogP contribution >= 0.6 is 0 Å². The van der Waals surface area contributed by atoms with E-state index in [1.54, 1.807) is 0 Å². The van der Waals surface area contributed by atoms with E-state index in [-0.39, 0.29) is 19.2 Å². The van der Waals surface area contributed by atoms with E-state index in [0.717, 1.165) is 25.9 Å². The Bertz CT molecular complexity index is 431. The molecule has 0 aromatic heterocycles. The third-order valence-electron chi connectivity index (χ3n) is 3.86. The first kappa shape index (κ1) is 18.3. The van der Waals surface area contributed by atoms with Gasteiger partial charge in [-0.2, -0.15) is 4.31 Å². The average Bonchev–Trinajstić information content (AvgIpc) is 2.37. The number of nitrogens with two attached hydrogens (primary N) is 1. The number of aliphatic hydroxyl groups excluding tert-OH is 1. The van der Waals surface area contributed by atoms with E-state index in [0.29, 0.717) is 12.5 Å². The molecular weight excluding hydrogens is 294 g/mol. The van der Waals surface area contributed by atoms with Crippen LogP contribution in [0.15, 0.2) is 0 Å². The molecule has 0 aliphatic carbocycles. The Labute approximate surface area is 127 Å².